The molecule has 0 aromatic heterocycles. The summed E-state index contributed by atoms with van der Waals surface area (Å²) in [7, 11) is -3.44. The molecule has 1 aromatic rings. The van der Waals surface area contributed by atoms with Gasteiger partial charge in [-0.1, -0.05) is 0 Å². The zero-order valence-corrected chi connectivity index (χ0v) is 13.5. The second-order valence-corrected chi connectivity index (χ2v) is 7.11. The fourth-order valence-corrected chi connectivity index (χ4v) is 3.69. The molecule has 1 aliphatic heterocycles. The average molecular weight is 312 g/mol. The molecule has 0 amide bonds. The van der Waals surface area contributed by atoms with Gasteiger partial charge in [-0.25, -0.2) is 13.1 Å². The molecule has 1 saturated heterocycles. The first-order chi connectivity index (χ1) is 10.0. The van der Waals surface area contributed by atoms with Gasteiger partial charge in [0, 0.05) is 12.6 Å². The molecule has 118 valence electrons. The Morgan fingerprint density at radius 1 is 1.43 bits per heavy atom. The van der Waals surface area contributed by atoms with Crippen molar-refractivity contribution in [3.63, 3.8) is 0 Å². The van der Waals surface area contributed by atoms with Crippen molar-refractivity contribution in [1.29, 1.82) is 0 Å². The first-order valence-corrected chi connectivity index (χ1v) is 8.97. The molecule has 1 fully saturated rings. The summed E-state index contributed by atoms with van der Waals surface area (Å²) in [6, 6.07) is 5.40. The van der Waals surface area contributed by atoms with Crippen LogP contribution in [-0.4, -0.2) is 34.2 Å². The number of sulfonamides is 1. The maximum atomic E-state index is 12.3. The number of hydrogen-bond acceptors (Lipinski definition) is 4. The Kier molecular flexibility index (Phi) is 5.61. The van der Waals surface area contributed by atoms with Gasteiger partial charge in [0.15, 0.2) is 0 Å². The van der Waals surface area contributed by atoms with Crippen LogP contribution >= 0.6 is 0 Å². The molecule has 1 aliphatic rings. The molecule has 0 unspecified atom stereocenters. The Labute approximate surface area is 127 Å². The summed E-state index contributed by atoms with van der Waals surface area (Å²) in [6.45, 7) is 5.83. The van der Waals surface area contributed by atoms with Gasteiger partial charge in [0.05, 0.1) is 11.5 Å². The molecule has 0 aliphatic carbocycles. The maximum absolute atomic E-state index is 12.3. The molecule has 1 atom stereocenters. The monoisotopic (exact) mass is 312 g/mol. The van der Waals surface area contributed by atoms with Crippen LogP contribution in [0.15, 0.2) is 23.1 Å². The third kappa shape index (κ3) is 4.43. The van der Waals surface area contributed by atoms with Crippen molar-refractivity contribution in [3.8, 4) is 5.75 Å². The highest BCUT2D eigenvalue weighted by Gasteiger charge is 2.18. The van der Waals surface area contributed by atoms with Crippen LogP contribution < -0.4 is 14.8 Å². The van der Waals surface area contributed by atoms with Crippen molar-refractivity contribution >= 4 is 10.0 Å². The molecule has 2 N–H and O–H groups in total. The number of ether oxygens (including phenoxy) is 1. The fraction of sp³-hybridized carbons (Fsp3) is 0.600. The van der Waals surface area contributed by atoms with Crippen molar-refractivity contribution in [1.82, 2.24) is 10.0 Å². The lowest BCUT2D eigenvalue weighted by molar-refractivity contribution is 0.337. The van der Waals surface area contributed by atoms with Gasteiger partial charge in [0.2, 0.25) is 10.0 Å². The van der Waals surface area contributed by atoms with E-state index >= 15 is 0 Å². The summed E-state index contributed by atoms with van der Waals surface area (Å²) in [5.74, 6) is 0.728. The van der Waals surface area contributed by atoms with Gasteiger partial charge in [-0.3, -0.25) is 0 Å². The van der Waals surface area contributed by atoms with Gasteiger partial charge in [-0.05, 0) is 63.4 Å². The first kappa shape index (κ1) is 16.3. The number of hydrogen-bond donors (Lipinski definition) is 2. The molecule has 5 nitrogen and oxygen atoms in total. The third-order valence-corrected chi connectivity index (χ3v) is 5.16. The first-order valence-electron chi connectivity index (χ1n) is 7.49. The van der Waals surface area contributed by atoms with Crippen LogP contribution in [0.2, 0.25) is 0 Å². The van der Waals surface area contributed by atoms with Gasteiger partial charge in [-0.15, -0.1) is 0 Å². The van der Waals surface area contributed by atoms with Crippen molar-refractivity contribution in [2.24, 2.45) is 0 Å². The standard InChI is InChI=1S/C15H24N2O3S/c1-3-20-15-7-6-14(11-12(15)2)21(18,19)17-10-8-13-5-4-9-16-13/h6-7,11,13,16-17H,3-5,8-10H2,1-2H3/t13-/m0/s1. The molecule has 1 aromatic carbocycles. The van der Waals surface area contributed by atoms with E-state index in [-0.39, 0.29) is 0 Å². The molecule has 6 heteroatoms. The van der Waals surface area contributed by atoms with Crippen LogP contribution in [0.25, 0.3) is 0 Å². The Bertz CT molecular complexity index is 566. The molecular formula is C15H24N2O3S. The topological polar surface area (TPSA) is 67.4 Å². The van der Waals surface area contributed by atoms with E-state index in [9.17, 15) is 8.42 Å². The van der Waals surface area contributed by atoms with E-state index in [1.165, 1.54) is 6.42 Å². The highest BCUT2D eigenvalue weighted by molar-refractivity contribution is 7.89. The van der Waals surface area contributed by atoms with Gasteiger partial charge >= 0.3 is 0 Å². The lowest BCUT2D eigenvalue weighted by Gasteiger charge is -2.12. The molecule has 0 spiro atoms. The Balaban J connectivity index is 1.96. The fourth-order valence-electron chi connectivity index (χ4n) is 2.56. The maximum Gasteiger partial charge on any atom is 0.240 e. The summed E-state index contributed by atoms with van der Waals surface area (Å²) in [4.78, 5) is 0.294. The molecular weight excluding hydrogens is 288 g/mol. The zero-order chi connectivity index (χ0) is 15.3. The Morgan fingerprint density at radius 2 is 2.24 bits per heavy atom. The summed E-state index contributed by atoms with van der Waals surface area (Å²) < 4.78 is 32.6. The molecule has 1 heterocycles. The predicted octanol–water partition coefficient (Wildman–Crippen LogP) is 1.81. The molecule has 0 bridgehead atoms. The summed E-state index contributed by atoms with van der Waals surface area (Å²) in [5.41, 5.74) is 0.831. The second-order valence-electron chi connectivity index (χ2n) is 5.34. The smallest absolute Gasteiger partial charge is 0.240 e. The second kappa shape index (κ2) is 7.24. The van der Waals surface area contributed by atoms with Gasteiger partial charge in [0.1, 0.15) is 5.75 Å². The average Bonchev–Trinajstić information content (AvgIpc) is 2.94. The third-order valence-electron chi connectivity index (χ3n) is 3.70. The van der Waals surface area contributed by atoms with E-state index in [4.69, 9.17) is 4.74 Å². The van der Waals surface area contributed by atoms with Gasteiger partial charge < -0.3 is 10.1 Å². The summed E-state index contributed by atoms with van der Waals surface area (Å²) in [5, 5.41) is 3.36. The van der Waals surface area contributed by atoms with E-state index < -0.39 is 10.0 Å². The minimum absolute atomic E-state index is 0.294. The highest BCUT2D eigenvalue weighted by Crippen LogP contribution is 2.21. The SMILES string of the molecule is CCOc1ccc(S(=O)(=O)NCC[C@@H]2CCCN2)cc1C. The lowest BCUT2D eigenvalue weighted by Crippen LogP contribution is -2.30. The van der Waals surface area contributed by atoms with Crippen molar-refractivity contribution in [2.75, 3.05) is 19.7 Å². The highest BCUT2D eigenvalue weighted by atomic mass is 32.2. The molecule has 2 rings (SSSR count). The number of rotatable bonds is 7. The van der Waals surface area contributed by atoms with Crippen LogP contribution in [0.1, 0.15) is 31.7 Å². The van der Waals surface area contributed by atoms with Crippen molar-refractivity contribution in [3.05, 3.63) is 23.8 Å². The lowest BCUT2D eigenvalue weighted by atomic mass is 10.2. The van der Waals surface area contributed by atoms with E-state index in [1.54, 1.807) is 18.2 Å². The Morgan fingerprint density at radius 3 is 2.86 bits per heavy atom. The van der Waals surface area contributed by atoms with E-state index in [1.807, 2.05) is 13.8 Å². The summed E-state index contributed by atoms with van der Waals surface area (Å²) in [6.07, 6.45) is 3.13. The molecule has 0 saturated carbocycles. The largest absolute Gasteiger partial charge is 0.494 e. The number of nitrogens with one attached hydrogen (secondary N) is 2. The Hall–Kier alpha value is -1.11. The molecule has 21 heavy (non-hydrogen) atoms. The predicted molar refractivity (Wildman–Crippen MR) is 83.2 cm³/mol. The van der Waals surface area contributed by atoms with Crippen LogP contribution in [-0.2, 0) is 10.0 Å². The van der Waals surface area contributed by atoms with E-state index in [0.29, 0.717) is 24.1 Å². The van der Waals surface area contributed by atoms with Crippen LogP contribution in [0.4, 0.5) is 0 Å². The van der Waals surface area contributed by atoms with Gasteiger partial charge in [0.25, 0.3) is 0 Å². The molecule has 0 radical (unpaired) electrons. The minimum atomic E-state index is -3.44. The van der Waals surface area contributed by atoms with E-state index in [0.717, 1.165) is 30.7 Å². The number of benzene rings is 1. The van der Waals surface area contributed by atoms with Crippen molar-refractivity contribution < 1.29 is 13.2 Å². The van der Waals surface area contributed by atoms with Crippen LogP contribution in [0.3, 0.4) is 0 Å². The number of aryl methyl sites for hydroxylation is 1. The normalized spacial score (nSPS) is 18.9. The van der Waals surface area contributed by atoms with Crippen LogP contribution in [0.5, 0.6) is 5.75 Å². The van der Waals surface area contributed by atoms with Crippen LogP contribution in [0, 0.1) is 6.92 Å². The summed E-state index contributed by atoms with van der Waals surface area (Å²) >= 11 is 0. The van der Waals surface area contributed by atoms with E-state index in [2.05, 4.69) is 10.0 Å². The van der Waals surface area contributed by atoms with Gasteiger partial charge in [-0.2, -0.15) is 0 Å². The quantitative estimate of drug-likeness (QED) is 0.806. The zero-order valence-electron chi connectivity index (χ0n) is 12.7. The minimum Gasteiger partial charge on any atom is -0.494 e. The van der Waals surface area contributed by atoms with Crippen molar-refractivity contribution in [2.45, 2.75) is 44.0 Å².